The van der Waals surface area contributed by atoms with E-state index in [1.54, 1.807) is 6.92 Å². The van der Waals surface area contributed by atoms with Crippen LogP contribution in [-0.4, -0.2) is 45.5 Å². The molecule has 0 bridgehead atoms. The highest BCUT2D eigenvalue weighted by atomic mass is 32.2. The van der Waals surface area contributed by atoms with E-state index in [9.17, 15) is 13.2 Å². The summed E-state index contributed by atoms with van der Waals surface area (Å²) in [5.74, 6) is 0.621. The van der Waals surface area contributed by atoms with Crippen LogP contribution in [0.1, 0.15) is 18.1 Å². The molecule has 1 atom stereocenters. The lowest BCUT2D eigenvalue weighted by Gasteiger charge is -2.24. The average Bonchev–Trinajstić information content (AvgIpc) is 2.59. The van der Waals surface area contributed by atoms with Crippen molar-refractivity contribution in [2.75, 3.05) is 25.5 Å². The molecule has 0 aromatic heterocycles. The van der Waals surface area contributed by atoms with Crippen LogP contribution in [0.3, 0.4) is 0 Å². The van der Waals surface area contributed by atoms with E-state index in [0.717, 1.165) is 16.9 Å². The number of rotatable bonds is 8. The van der Waals surface area contributed by atoms with E-state index in [2.05, 4.69) is 11.4 Å². The molecule has 1 amide bonds. The first-order valence-corrected chi connectivity index (χ1v) is 10.5. The Morgan fingerprint density at radius 3 is 2.25 bits per heavy atom. The van der Waals surface area contributed by atoms with Gasteiger partial charge in [-0.3, -0.25) is 9.69 Å². The van der Waals surface area contributed by atoms with Crippen LogP contribution in [0.2, 0.25) is 0 Å². The molecular weight excluding hydrogens is 378 g/mol. The zero-order chi connectivity index (χ0) is 20.9. The molecule has 3 N–H and O–H groups in total. The van der Waals surface area contributed by atoms with Gasteiger partial charge >= 0.3 is 0 Å². The number of sulfonamides is 1. The Morgan fingerprint density at radius 2 is 1.71 bits per heavy atom. The molecule has 0 fully saturated rings. The monoisotopic (exact) mass is 405 g/mol. The fourth-order valence-electron chi connectivity index (χ4n) is 2.69. The van der Waals surface area contributed by atoms with Crippen LogP contribution < -0.4 is 15.2 Å². The fourth-order valence-corrected chi connectivity index (χ4v) is 3.21. The number of amides is 1. The van der Waals surface area contributed by atoms with Gasteiger partial charge in [0.05, 0.1) is 10.9 Å². The van der Waals surface area contributed by atoms with Gasteiger partial charge in [0.2, 0.25) is 15.9 Å². The molecule has 152 valence electrons. The lowest BCUT2D eigenvalue weighted by atomic mass is 10.1. The number of likely N-dealkylation sites (N-methyl/N-ethyl adjacent to an activating group) is 1. The molecule has 2 rings (SSSR count). The molecule has 28 heavy (non-hydrogen) atoms. The second-order valence-electron chi connectivity index (χ2n) is 6.89. The number of carbonyl (C=O) groups is 1. The number of benzene rings is 2. The summed E-state index contributed by atoms with van der Waals surface area (Å²) in [6.07, 6.45) is 0. The van der Waals surface area contributed by atoms with Crippen LogP contribution in [-0.2, 0) is 14.8 Å². The van der Waals surface area contributed by atoms with Crippen LogP contribution in [0, 0.1) is 13.8 Å². The van der Waals surface area contributed by atoms with Crippen molar-refractivity contribution in [3.63, 3.8) is 0 Å². The van der Waals surface area contributed by atoms with Gasteiger partial charge in [0, 0.05) is 12.2 Å². The minimum atomic E-state index is -3.75. The van der Waals surface area contributed by atoms with Crippen molar-refractivity contribution in [1.82, 2.24) is 4.90 Å². The summed E-state index contributed by atoms with van der Waals surface area (Å²) in [5.41, 5.74) is 2.79. The molecule has 0 heterocycles. The lowest BCUT2D eigenvalue weighted by Crippen LogP contribution is -2.41. The molecule has 0 spiro atoms. The first-order valence-electron chi connectivity index (χ1n) is 8.91. The minimum absolute atomic E-state index is 0.000741. The van der Waals surface area contributed by atoms with E-state index in [1.165, 1.54) is 24.3 Å². The van der Waals surface area contributed by atoms with E-state index in [4.69, 9.17) is 9.88 Å². The van der Waals surface area contributed by atoms with Gasteiger partial charge in [-0.05, 0) is 75.3 Å². The summed E-state index contributed by atoms with van der Waals surface area (Å²) < 4.78 is 28.3. The molecule has 0 aliphatic rings. The van der Waals surface area contributed by atoms with Gasteiger partial charge in [0.1, 0.15) is 12.4 Å². The number of nitrogens with zero attached hydrogens (tertiary/aromatic N) is 1. The number of hydrogen-bond acceptors (Lipinski definition) is 5. The van der Waals surface area contributed by atoms with Crippen LogP contribution >= 0.6 is 0 Å². The maximum atomic E-state index is 12.4. The number of ether oxygens (including phenoxy) is 1. The minimum Gasteiger partial charge on any atom is -0.492 e. The first-order chi connectivity index (χ1) is 13.1. The zero-order valence-corrected chi connectivity index (χ0v) is 17.4. The first kappa shape index (κ1) is 21.9. The number of carbonyl (C=O) groups excluding carboxylic acids is 1. The van der Waals surface area contributed by atoms with Crippen LogP contribution in [0.15, 0.2) is 47.4 Å². The van der Waals surface area contributed by atoms with Crippen molar-refractivity contribution in [1.29, 1.82) is 0 Å². The molecular formula is C20H27N3O4S. The third-order valence-electron chi connectivity index (χ3n) is 4.40. The SMILES string of the molecule is Cc1cc(C)cc(OCCN(C)[C@@H](C)C(=O)Nc2ccc(S(N)(=O)=O)cc2)c1. The fraction of sp³-hybridized carbons (Fsp3) is 0.350. The summed E-state index contributed by atoms with van der Waals surface area (Å²) >= 11 is 0. The number of aryl methyl sites for hydroxylation is 2. The second-order valence-corrected chi connectivity index (χ2v) is 8.45. The van der Waals surface area contributed by atoms with Crippen molar-refractivity contribution in [2.24, 2.45) is 5.14 Å². The molecule has 8 heteroatoms. The molecule has 0 aliphatic heterocycles. The van der Waals surface area contributed by atoms with Gasteiger partial charge in [-0.15, -0.1) is 0 Å². The highest BCUT2D eigenvalue weighted by Crippen LogP contribution is 2.16. The van der Waals surface area contributed by atoms with Crippen molar-refractivity contribution >= 4 is 21.6 Å². The Kier molecular flexibility index (Phi) is 7.17. The number of nitrogens with one attached hydrogen (secondary N) is 1. The van der Waals surface area contributed by atoms with Gasteiger partial charge in [-0.2, -0.15) is 0 Å². The smallest absolute Gasteiger partial charge is 0.241 e. The maximum Gasteiger partial charge on any atom is 0.241 e. The highest BCUT2D eigenvalue weighted by Gasteiger charge is 2.18. The van der Waals surface area contributed by atoms with Crippen LogP contribution in [0.25, 0.3) is 0 Å². The van der Waals surface area contributed by atoms with E-state index in [1.807, 2.05) is 37.9 Å². The summed E-state index contributed by atoms with van der Waals surface area (Å²) in [6.45, 7) is 6.87. The maximum absolute atomic E-state index is 12.4. The molecule has 7 nitrogen and oxygen atoms in total. The average molecular weight is 406 g/mol. The normalized spacial score (nSPS) is 12.6. The van der Waals surface area contributed by atoms with Crippen molar-refractivity contribution in [3.8, 4) is 5.75 Å². The molecule has 0 radical (unpaired) electrons. The highest BCUT2D eigenvalue weighted by molar-refractivity contribution is 7.89. The van der Waals surface area contributed by atoms with Crippen molar-refractivity contribution < 1.29 is 17.9 Å². The summed E-state index contributed by atoms with van der Waals surface area (Å²) in [4.78, 5) is 14.3. The van der Waals surface area contributed by atoms with E-state index in [-0.39, 0.29) is 16.8 Å². The summed E-state index contributed by atoms with van der Waals surface area (Å²) in [7, 11) is -1.90. The van der Waals surface area contributed by atoms with E-state index >= 15 is 0 Å². The summed E-state index contributed by atoms with van der Waals surface area (Å²) in [5, 5.41) is 7.83. The van der Waals surface area contributed by atoms with E-state index < -0.39 is 10.0 Å². The quantitative estimate of drug-likeness (QED) is 0.702. The lowest BCUT2D eigenvalue weighted by molar-refractivity contribution is -0.120. The van der Waals surface area contributed by atoms with Gasteiger partial charge in [0.15, 0.2) is 0 Å². The van der Waals surface area contributed by atoms with Crippen LogP contribution in [0.5, 0.6) is 5.75 Å². The van der Waals surface area contributed by atoms with Crippen LogP contribution in [0.4, 0.5) is 5.69 Å². The van der Waals surface area contributed by atoms with Crippen molar-refractivity contribution in [2.45, 2.75) is 31.7 Å². The Bertz CT molecular complexity index is 907. The Hall–Kier alpha value is -2.42. The van der Waals surface area contributed by atoms with Gasteiger partial charge in [-0.1, -0.05) is 6.07 Å². The van der Waals surface area contributed by atoms with Gasteiger partial charge in [-0.25, -0.2) is 13.6 Å². The molecule has 0 aliphatic carbocycles. The number of anilines is 1. The molecule has 0 unspecified atom stereocenters. The predicted molar refractivity (Wildman–Crippen MR) is 110 cm³/mol. The number of hydrogen-bond donors (Lipinski definition) is 2. The van der Waals surface area contributed by atoms with Crippen molar-refractivity contribution in [3.05, 3.63) is 53.6 Å². The molecule has 2 aromatic rings. The second kappa shape index (κ2) is 9.18. The third-order valence-corrected chi connectivity index (χ3v) is 5.33. The Morgan fingerprint density at radius 1 is 1.14 bits per heavy atom. The zero-order valence-electron chi connectivity index (χ0n) is 16.6. The van der Waals surface area contributed by atoms with E-state index in [0.29, 0.717) is 18.8 Å². The molecule has 0 saturated heterocycles. The number of nitrogens with two attached hydrogens (primary N) is 1. The van der Waals surface area contributed by atoms with Gasteiger partial charge in [0.25, 0.3) is 0 Å². The Labute approximate surface area is 166 Å². The predicted octanol–water partition coefficient (Wildman–Crippen LogP) is 2.29. The number of primary sulfonamides is 1. The largest absolute Gasteiger partial charge is 0.492 e. The Balaban J connectivity index is 1.86. The molecule has 2 aromatic carbocycles. The third kappa shape index (κ3) is 6.33. The van der Waals surface area contributed by atoms with Gasteiger partial charge < -0.3 is 10.1 Å². The topological polar surface area (TPSA) is 102 Å². The summed E-state index contributed by atoms with van der Waals surface area (Å²) in [6, 6.07) is 11.4. The molecule has 0 saturated carbocycles. The standard InChI is InChI=1S/C20H27N3O4S/c1-14-11-15(2)13-18(12-14)27-10-9-23(4)16(3)20(24)22-17-5-7-19(8-6-17)28(21,25)26/h5-8,11-13,16H,9-10H2,1-4H3,(H,22,24)(H2,21,25,26)/t16-/m0/s1.